The van der Waals surface area contributed by atoms with Crippen LogP contribution in [0.3, 0.4) is 0 Å². The van der Waals surface area contributed by atoms with E-state index in [0.717, 1.165) is 38.0 Å². The van der Waals surface area contributed by atoms with E-state index in [-0.39, 0.29) is 28.6 Å². The van der Waals surface area contributed by atoms with E-state index in [2.05, 4.69) is 20.3 Å². The Balaban J connectivity index is 1.38. The van der Waals surface area contributed by atoms with E-state index >= 15 is 0 Å². The fourth-order valence-electron chi connectivity index (χ4n) is 5.85. The molecule has 5 aliphatic rings. The first-order valence-electron chi connectivity index (χ1n) is 11.0. The van der Waals surface area contributed by atoms with Gasteiger partial charge in [-0.05, 0) is 37.7 Å². The van der Waals surface area contributed by atoms with Crippen molar-refractivity contribution in [3.05, 3.63) is 36.1 Å². The van der Waals surface area contributed by atoms with E-state index in [1.54, 1.807) is 10.7 Å². The second kappa shape index (κ2) is 5.83. The van der Waals surface area contributed by atoms with Crippen LogP contribution in [0.2, 0.25) is 0 Å². The highest BCUT2D eigenvalue weighted by molar-refractivity contribution is 5.99. The zero-order valence-corrected chi connectivity index (χ0v) is 17.1. The van der Waals surface area contributed by atoms with Gasteiger partial charge in [0.25, 0.3) is 5.91 Å². The molecule has 3 aliphatic heterocycles. The number of rotatable bonds is 0. The second-order valence-corrected chi connectivity index (χ2v) is 9.72. The first kappa shape index (κ1) is 17.7. The number of hydrogen-bond donors (Lipinski definition) is 1. The normalized spacial score (nSPS) is 32.9. The lowest BCUT2D eigenvalue weighted by molar-refractivity contribution is 0.0936. The maximum Gasteiger partial charge on any atom is 0.256 e. The molecular formula is C22H23FN6O2. The fraction of sp³-hybridized carbons (Fsp3) is 0.545. The Kier molecular flexibility index (Phi) is 3.33. The number of aliphatic imine (C=N–C) groups is 1. The van der Waals surface area contributed by atoms with Gasteiger partial charge in [-0.2, -0.15) is 5.10 Å². The summed E-state index contributed by atoms with van der Waals surface area (Å²) in [5, 5.41) is 7.36. The van der Waals surface area contributed by atoms with Crippen molar-refractivity contribution in [2.45, 2.75) is 37.6 Å². The largest absolute Gasteiger partial charge is 0.480 e. The molecule has 31 heavy (non-hydrogen) atoms. The molecule has 160 valence electrons. The SMILES string of the molecule is O=C1NCC2(CC2)COC2=NC=C(F)CC2[C@@]23C[C@@H]2CCN3c2ccn3ncc1c3n2. The number of piperidine rings is 1. The molecule has 2 aromatic rings. The lowest BCUT2D eigenvalue weighted by Crippen LogP contribution is -2.47. The van der Waals surface area contributed by atoms with Gasteiger partial charge in [0.15, 0.2) is 11.5 Å². The molecule has 1 unspecified atom stereocenters. The Morgan fingerprint density at radius 3 is 3.06 bits per heavy atom. The molecule has 7 rings (SSSR count). The molecule has 8 nitrogen and oxygen atoms in total. The van der Waals surface area contributed by atoms with Crippen LogP contribution in [0, 0.1) is 17.3 Å². The lowest BCUT2D eigenvalue weighted by Gasteiger charge is -2.37. The first-order valence-corrected chi connectivity index (χ1v) is 11.0. The molecule has 2 saturated carbocycles. The average molecular weight is 422 g/mol. The molecule has 2 spiro atoms. The van der Waals surface area contributed by atoms with Gasteiger partial charge in [-0.15, -0.1) is 0 Å². The van der Waals surface area contributed by atoms with Crippen molar-refractivity contribution in [3.8, 4) is 0 Å². The summed E-state index contributed by atoms with van der Waals surface area (Å²) in [6.07, 6.45) is 9.05. The molecule has 3 atom stereocenters. The molecule has 1 amide bonds. The number of aromatic nitrogens is 3. The number of carbonyl (C=O) groups excluding carboxylic acids is 1. The number of anilines is 1. The standard InChI is InChI=1S/C22H23FN6O2/c23-14-7-16-20(24-9-14)31-12-21(3-4-21)11-25-19(30)15-10-26-29-6-2-17(27-18(15)29)28-5-1-13-8-22(13,16)28/h2,6,9-10,13,16H,1,3-5,7-8,11-12H2,(H,25,30)/t13-,16?,22+/m0/s1. The Morgan fingerprint density at radius 2 is 2.23 bits per heavy atom. The van der Waals surface area contributed by atoms with Gasteiger partial charge in [0.05, 0.1) is 30.5 Å². The van der Waals surface area contributed by atoms with E-state index in [4.69, 9.17) is 9.72 Å². The highest BCUT2D eigenvalue weighted by Crippen LogP contribution is 2.62. The molecule has 3 fully saturated rings. The summed E-state index contributed by atoms with van der Waals surface area (Å²) >= 11 is 0. The number of allylic oxidation sites excluding steroid dienone is 1. The predicted molar refractivity (Wildman–Crippen MR) is 110 cm³/mol. The molecule has 0 radical (unpaired) electrons. The van der Waals surface area contributed by atoms with Crippen molar-refractivity contribution in [3.63, 3.8) is 0 Å². The van der Waals surface area contributed by atoms with Crippen LogP contribution in [0.15, 0.2) is 35.5 Å². The number of carbonyl (C=O) groups is 1. The minimum atomic E-state index is -0.223. The van der Waals surface area contributed by atoms with Gasteiger partial charge in [0.2, 0.25) is 0 Å². The van der Waals surface area contributed by atoms with Crippen molar-refractivity contribution >= 4 is 23.3 Å². The van der Waals surface area contributed by atoms with Gasteiger partial charge in [0.1, 0.15) is 17.2 Å². The maximum absolute atomic E-state index is 14.4. The van der Waals surface area contributed by atoms with Crippen LogP contribution >= 0.6 is 0 Å². The maximum atomic E-state index is 14.4. The lowest BCUT2D eigenvalue weighted by atomic mass is 9.89. The van der Waals surface area contributed by atoms with E-state index in [0.29, 0.717) is 42.6 Å². The second-order valence-electron chi connectivity index (χ2n) is 9.72. The van der Waals surface area contributed by atoms with Crippen LogP contribution in [0.25, 0.3) is 5.65 Å². The molecule has 2 aliphatic carbocycles. The summed E-state index contributed by atoms with van der Waals surface area (Å²) in [4.78, 5) is 24.5. The fourth-order valence-corrected chi connectivity index (χ4v) is 5.85. The number of hydrogen-bond acceptors (Lipinski definition) is 6. The molecule has 0 aromatic carbocycles. The van der Waals surface area contributed by atoms with Gasteiger partial charge in [0, 0.05) is 31.1 Å². The minimum Gasteiger partial charge on any atom is -0.480 e. The first-order chi connectivity index (χ1) is 15.1. The van der Waals surface area contributed by atoms with E-state index in [9.17, 15) is 9.18 Å². The van der Waals surface area contributed by atoms with Gasteiger partial charge in [-0.25, -0.2) is 18.9 Å². The zero-order chi connectivity index (χ0) is 20.8. The molecule has 5 heterocycles. The van der Waals surface area contributed by atoms with E-state index in [1.807, 2.05) is 12.3 Å². The Labute approximate surface area is 178 Å². The number of fused-ring (bicyclic) bond motifs is 3. The number of amides is 1. The third kappa shape index (κ3) is 2.46. The van der Waals surface area contributed by atoms with Crippen LogP contribution in [0.4, 0.5) is 10.2 Å². The van der Waals surface area contributed by atoms with Crippen molar-refractivity contribution in [1.29, 1.82) is 0 Å². The van der Waals surface area contributed by atoms with Crippen LogP contribution in [-0.2, 0) is 4.74 Å². The number of halogens is 1. The van der Waals surface area contributed by atoms with Crippen LogP contribution in [-0.4, -0.2) is 51.6 Å². The summed E-state index contributed by atoms with van der Waals surface area (Å²) in [6.45, 7) is 1.87. The van der Waals surface area contributed by atoms with Crippen molar-refractivity contribution in [1.82, 2.24) is 19.9 Å². The summed E-state index contributed by atoms with van der Waals surface area (Å²) in [5.74, 6) is 1.43. The molecular weight excluding hydrogens is 399 g/mol. The number of nitrogens with zero attached hydrogens (tertiary/aromatic N) is 5. The molecule has 1 N–H and O–H groups in total. The molecule has 2 aromatic heterocycles. The zero-order valence-electron chi connectivity index (χ0n) is 17.1. The average Bonchev–Trinajstić information content (AvgIpc) is 3.63. The summed E-state index contributed by atoms with van der Waals surface area (Å²) < 4.78 is 22.3. The minimum absolute atomic E-state index is 0.0793. The van der Waals surface area contributed by atoms with E-state index < -0.39 is 0 Å². The van der Waals surface area contributed by atoms with Crippen molar-refractivity contribution in [2.24, 2.45) is 22.2 Å². The van der Waals surface area contributed by atoms with Gasteiger partial charge in [-0.3, -0.25) is 4.79 Å². The monoisotopic (exact) mass is 422 g/mol. The summed E-state index contributed by atoms with van der Waals surface area (Å²) in [5.41, 5.74) is 0.726. The molecule has 2 bridgehead atoms. The third-order valence-electron chi connectivity index (χ3n) is 7.94. The quantitative estimate of drug-likeness (QED) is 0.705. The number of ether oxygens (including phenoxy) is 1. The third-order valence-corrected chi connectivity index (χ3v) is 7.94. The Hall–Kier alpha value is -2.97. The highest BCUT2D eigenvalue weighted by Gasteiger charge is 2.68. The summed E-state index contributed by atoms with van der Waals surface area (Å²) in [6, 6.07) is 1.93. The molecule has 9 heteroatoms. The van der Waals surface area contributed by atoms with Crippen LogP contribution < -0.4 is 10.2 Å². The topological polar surface area (TPSA) is 84.1 Å². The smallest absolute Gasteiger partial charge is 0.256 e. The number of nitrogens with one attached hydrogen (secondary N) is 1. The van der Waals surface area contributed by atoms with Gasteiger partial charge >= 0.3 is 0 Å². The predicted octanol–water partition coefficient (Wildman–Crippen LogP) is 2.47. The van der Waals surface area contributed by atoms with Crippen molar-refractivity contribution in [2.75, 3.05) is 24.6 Å². The summed E-state index contributed by atoms with van der Waals surface area (Å²) in [7, 11) is 0. The molecule has 1 saturated heterocycles. The van der Waals surface area contributed by atoms with Gasteiger partial charge in [-0.1, -0.05) is 0 Å². The van der Waals surface area contributed by atoms with Crippen LogP contribution in [0.1, 0.15) is 42.5 Å². The van der Waals surface area contributed by atoms with Crippen molar-refractivity contribution < 1.29 is 13.9 Å². The Morgan fingerprint density at radius 1 is 1.32 bits per heavy atom. The highest BCUT2D eigenvalue weighted by atomic mass is 19.1. The van der Waals surface area contributed by atoms with Gasteiger partial charge < -0.3 is 15.0 Å². The van der Waals surface area contributed by atoms with Crippen LogP contribution in [0.5, 0.6) is 0 Å². The van der Waals surface area contributed by atoms with E-state index in [1.165, 1.54) is 6.20 Å². The Bertz CT molecular complexity index is 1180.